The Morgan fingerprint density at radius 2 is 1.79 bits per heavy atom. The molecule has 0 aliphatic carbocycles. The van der Waals surface area contributed by atoms with Crippen molar-refractivity contribution in [2.24, 2.45) is 0 Å². The number of carbonyl (C=O) groups excluding carboxylic acids is 1. The third-order valence-electron chi connectivity index (χ3n) is 1.57. The highest BCUT2D eigenvalue weighted by molar-refractivity contribution is 5.83. The van der Waals surface area contributed by atoms with E-state index in [-0.39, 0.29) is 11.0 Å². The normalized spacial score (nSPS) is 16.0. The molecule has 0 aliphatic heterocycles. The highest BCUT2D eigenvalue weighted by atomic mass is 16.4. The maximum Gasteiger partial charge on any atom is 0.342 e. The standard InChI is InChI=1S/C8H15NO5/c1-9(2,3)5-8(14,7(12)13)4-6(10)11/h14H,4-5H2,1-3H3,(H-,10,11,12,13). The smallest absolute Gasteiger partial charge is 0.342 e. The van der Waals surface area contributed by atoms with E-state index in [9.17, 15) is 19.8 Å². The van der Waals surface area contributed by atoms with Crippen LogP contribution < -0.4 is 5.11 Å². The zero-order valence-electron chi connectivity index (χ0n) is 8.48. The first-order valence-electron chi connectivity index (χ1n) is 4.03. The lowest BCUT2D eigenvalue weighted by Gasteiger charge is -2.32. The predicted octanol–water partition coefficient (Wildman–Crippen LogP) is -2.35. The summed E-state index contributed by atoms with van der Waals surface area (Å²) in [6.45, 7) is -0.198. The maximum absolute atomic E-state index is 10.7. The molecule has 0 bridgehead atoms. The van der Waals surface area contributed by atoms with Gasteiger partial charge in [0.25, 0.3) is 0 Å². The van der Waals surface area contributed by atoms with Gasteiger partial charge in [-0.1, -0.05) is 0 Å². The summed E-state index contributed by atoms with van der Waals surface area (Å²) in [4.78, 5) is 20.9. The molecule has 0 fully saturated rings. The molecule has 0 aromatic carbocycles. The molecule has 0 aliphatic rings. The van der Waals surface area contributed by atoms with E-state index in [0.29, 0.717) is 0 Å². The van der Waals surface area contributed by atoms with Gasteiger partial charge >= 0.3 is 5.97 Å². The lowest BCUT2D eigenvalue weighted by atomic mass is 9.99. The van der Waals surface area contributed by atoms with Crippen LogP contribution in [-0.4, -0.2) is 59.9 Å². The topological polar surface area (TPSA) is 97.7 Å². The second-order valence-corrected chi connectivity index (χ2v) is 4.33. The molecule has 82 valence electrons. The van der Waals surface area contributed by atoms with E-state index in [0.717, 1.165) is 0 Å². The van der Waals surface area contributed by atoms with Crippen molar-refractivity contribution in [3.05, 3.63) is 0 Å². The molecular formula is C8H15NO5. The van der Waals surface area contributed by atoms with Gasteiger partial charge in [0.05, 0.1) is 21.1 Å². The van der Waals surface area contributed by atoms with E-state index < -0.39 is 24.0 Å². The number of carbonyl (C=O) groups is 2. The minimum atomic E-state index is -2.27. The molecule has 0 amide bonds. The highest BCUT2D eigenvalue weighted by Crippen LogP contribution is 2.14. The van der Waals surface area contributed by atoms with Crippen molar-refractivity contribution in [3.8, 4) is 0 Å². The summed E-state index contributed by atoms with van der Waals surface area (Å²) in [6, 6.07) is 0. The first kappa shape index (κ1) is 12.9. The van der Waals surface area contributed by atoms with Crippen LogP contribution in [-0.2, 0) is 9.59 Å². The third-order valence-corrected chi connectivity index (χ3v) is 1.57. The number of likely N-dealkylation sites (N-methyl/N-ethyl adjacent to an activating group) is 1. The van der Waals surface area contributed by atoms with Gasteiger partial charge in [-0.25, -0.2) is 4.79 Å². The molecule has 0 aromatic rings. The Bertz CT molecular complexity index is 245. The second kappa shape index (κ2) is 3.93. The van der Waals surface area contributed by atoms with Gasteiger partial charge in [-0.2, -0.15) is 0 Å². The summed E-state index contributed by atoms with van der Waals surface area (Å²) < 4.78 is 0.149. The Morgan fingerprint density at radius 3 is 2.00 bits per heavy atom. The molecule has 1 unspecified atom stereocenters. The van der Waals surface area contributed by atoms with E-state index in [4.69, 9.17) is 5.11 Å². The van der Waals surface area contributed by atoms with Crippen LogP contribution in [0.2, 0.25) is 0 Å². The van der Waals surface area contributed by atoms with E-state index in [2.05, 4.69) is 0 Å². The Labute approximate surface area is 82.0 Å². The molecule has 0 radical (unpaired) electrons. The molecule has 6 heteroatoms. The summed E-state index contributed by atoms with van der Waals surface area (Å²) in [5, 5.41) is 28.5. The Kier molecular flexibility index (Phi) is 3.61. The van der Waals surface area contributed by atoms with Crippen LogP contribution in [0.4, 0.5) is 0 Å². The number of carboxylic acid groups (broad SMARTS) is 2. The van der Waals surface area contributed by atoms with Crippen LogP contribution >= 0.6 is 0 Å². The first-order valence-corrected chi connectivity index (χ1v) is 4.03. The molecule has 14 heavy (non-hydrogen) atoms. The molecule has 0 spiro atoms. The SMILES string of the molecule is C[N+](C)(C)CC(O)(CC(=O)[O-])C(=O)O. The number of carboxylic acids is 2. The fraction of sp³-hybridized carbons (Fsp3) is 0.750. The molecular weight excluding hydrogens is 190 g/mol. The highest BCUT2D eigenvalue weighted by Gasteiger charge is 2.41. The Balaban J connectivity index is 4.73. The van der Waals surface area contributed by atoms with Crippen molar-refractivity contribution in [1.29, 1.82) is 0 Å². The van der Waals surface area contributed by atoms with Crippen LogP contribution in [0, 0.1) is 0 Å². The third kappa shape index (κ3) is 4.20. The number of hydrogen-bond donors (Lipinski definition) is 2. The van der Waals surface area contributed by atoms with Gasteiger partial charge in [-0.05, 0) is 0 Å². The quantitative estimate of drug-likeness (QED) is 0.490. The number of aliphatic carboxylic acids is 2. The van der Waals surface area contributed by atoms with Gasteiger partial charge in [0.1, 0.15) is 6.54 Å². The van der Waals surface area contributed by atoms with Gasteiger partial charge < -0.3 is 24.6 Å². The van der Waals surface area contributed by atoms with Crippen molar-refractivity contribution < 1.29 is 29.4 Å². The van der Waals surface area contributed by atoms with Crippen LogP contribution in [0.3, 0.4) is 0 Å². The largest absolute Gasteiger partial charge is 0.550 e. The van der Waals surface area contributed by atoms with E-state index in [1.807, 2.05) is 0 Å². The number of rotatable bonds is 5. The summed E-state index contributed by atoms with van der Waals surface area (Å²) >= 11 is 0. The number of hydrogen-bond acceptors (Lipinski definition) is 4. The molecule has 0 rings (SSSR count). The summed E-state index contributed by atoms with van der Waals surface area (Å²) in [6.07, 6.45) is -0.905. The minimum Gasteiger partial charge on any atom is -0.550 e. The van der Waals surface area contributed by atoms with Crippen molar-refractivity contribution in [2.45, 2.75) is 12.0 Å². The summed E-state index contributed by atoms with van der Waals surface area (Å²) in [7, 11) is 4.97. The van der Waals surface area contributed by atoms with Gasteiger partial charge in [-0.3, -0.25) is 0 Å². The molecule has 2 N–H and O–H groups in total. The van der Waals surface area contributed by atoms with Crippen molar-refractivity contribution in [1.82, 2.24) is 0 Å². The second-order valence-electron chi connectivity index (χ2n) is 4.33. The molecule has 6 nitrogen and oxygen atoms in total. The Morgan fingerprint density at radius 1 is 1.36 bits per heavy atom. The average Bonchev–Trinajstić information content (AvgIpc) is 1.79. The Hall–Kier alpha value is -1.14. The number of aliphatic hydroxyl groups is 1. The van der Waals surface area contributed by atoms with Crippen LogP contribution in [0.25, 0.3) is 0 Å². The van der Waals surface area contributed by atoms with Crippen LogP contribution in [0.1, 0.15) is 6.42 Å². The zero-order valence-corrected chi connectivity index (χ0v) is 8.48. The van der Waals surface area contributed by atoms with Gasteiger partial charge in [0.15, 0.2) is 0 Å². The average molecular weight is 205 g/mol. The van der Waals surface area contributed by atoms with Gasteiger partial charge in [0.2, 0.25) is 5.60 Å². The van der Waals surface area contributed by atoms with Crippen molar-refractivity contribution >= 4 is 11.9 Å². The van der Waals surface area contributed by atoms with E-state index in [1.54, 1.807) is 21.1 Å². The molecule has 0 saturated heterocycles. The van der Waals surface area contributed by atoms with Crippen molar-refractivity contribution in [3.63, 3.8) is 0 Å². The van der Waals surface area contributed by atoms with Gasteiger partial charge in [0, 0.05) is 12.4 Å². The summed E-state index contributed by atoms with van der Waals surface area (Å²) in [5.41, 5.74) is -2.27. The van der Waals surface area contributed by atoms with E-state index in [1.165, 1.54) is 0 Å². The van der Waals surface area contributed by atoms with Gasteiger partial charge in [-0.15, -0.1) is 0 Å². The lowest BCUT2D eigenvalue weighted by molar-refractivity contribution is -0.875. The molecule has 0 heterocycles. The molecule has 0 aromatic heterocycles. The first-order chi connectivity index (χ1) is 6.07. The van der Waals surface area contributed by atoms with Crippen LogP contribution in [0.5, 0.6) is 0 Å². The minimum absolute atomic E-state index is 0.149. The van der Waals surface area contributed by atoms with Crippen molar-refractivity contribution in [2.75, 3.05) is 27.7 Å². The molecule has 0 saturated carbocycles. The van der Waals surface area contributed by atoms with E-state index >= 15 is 0 Å². The molecule has 1 atom stereocenters. The fourth-order valence-corrected chi connectivity index (χ4v) is 1.22. The zero-order chi connectivity index (χ0) is 11.6. The summed E-state index contributed by atoms with van der Waals surface area (Å²) in [5.74, 6) is -3.13. The monoisotopic (exact) mass is 205 g/mol. The number of nitrogens with zero attached hydrogens (tertiary/aromatic N) is 1. The van der Waals surface area contributed by atoms with Crippen LogP contribution in [0.15, 0.2) is 0 Å². The fourth-order valence-electron chi connectivity index (χ4n) is 1.22. The predicted molar refractivity (Wildman–Crippen MR) is 45.1 cm³/mol. The lowest BCUT2D eigenvalue weighted by Crippen LogP contribution is -2.56. The number of quaternary nitrogens is 1. The maximum atomic E-state index is 10.7.